The minimum Gasteiger partial charge on any atom is -0.455 e. The smallest absolute Gasteiger partial charge is 0.167 e. The van der Waals surface area contributed by atoms with E-state index in [1.54, 1.807) is 0 Å². The van der Waals surface area contributed by atoms with E-state index < -0.39 is 0 Å². The molecule has 0 fully saturated rings. The van der Waals surface area contributed by atoms with Gasteiger partial charge in [-0.05, 0) is 69.4 Å². The molecule has 4 heteroatoms. The van der Waals surface area contributed by atoms with E-state index in [4.69, 9.17) is 19.4 Å². The van der Waals surface area contributed by atoms with Gasteiger partial charge in [-0.15, -0.1) is 0 Å². The van der Waals surface area contributed by atoms with Crippen LogP contribution in [0.25, 0.3) is 89.1 Å². The fraction of sp³-hybridized carbons (Fsp3) is 0. The number of para-hydroxylation sites is 1. The average Bonchev–Trinajstić information content (AvgIpc) is 3.52. The maximum Gasteiger partial charge on any atom is 0.167 e. The van der Waals surface area contributed by atoms with Crippen LogP contribution in [-0.2, 0) is 0 Å². The van der Waals surface area contributed by atoms with Crippen LogP contribution in [0.4, 0.5) is 0 Å². The van der Waals surface area contributed by atoms with E-state index >= 15 is 0 Å². The fourth-order valence-electron chi connectivity index (χ4n) is 6.35. The lowest BCUT2D eigenvalue weighted by Crippen LogP contribution is -2.00. The second-order valence-corrected chi connectivity index (χ2v) is 11.7. The van der Waals surface area contributed by atoms with Crippen molar-refractivity contribution in [3.05, 3.63) is 164 Å². The summed E-state index contributed by atoms with van der Waals surface area (Å²) < 4.78 is 6.59. The van der Waals surface area contributed by atoms with Crippen LogP contribution >= 0.6 is 0 Å². The zero-order chi connectivity index (χ0) is 31.2. The second-order valence-electron chi connectivity index (χ2n) is 11.7. The minimum absolute atomic E-state index is 0.564. The number of hydrogen-bond acceptors (Lipinski definition) is 4. The van der Waals surface area contributed by atoms with Gasteiger partial charge in [-0.3, -0.25) is 0 Å². The van der Waals surface area contributed by atoms with Crippen molar-refractivity contribution < 1.29 is 4.42 Å². The van der Waals surface area contributed by atoms with E-state index in [2.05, 4.69) is 115 Å². The summed E-state index contributed by atoms with van der Waals surface area (Å²) in [5, 5.41) is 4.42. The van der Waals surface area contributed by atoms with E-state index in [9.17, 15) is 0 Å². The number of nitrogens with zero attached hydrogens (tertiary/aromatic N) is 3. The van der Waals surface area contributed by atoms with E-state index in [1.807, 2.05) is 48.5 Å². The molecule has 0 saturated heterocycles. The molecule has 2 heterocycles. The highest BCUT2D eigenvalue weighted by Crippen LogP contribution is 2.38. The quantitative estimate of drug-likeness (QED) is 0.197. The third kappa shape index (κ3) is 4.93. The summed E-state index contributed by atoms with van der Waals surface area (Å²) in [6, 6.07) is 56.4. The zero-order valence-corrected chi connectivity index (χ0v) is 25.3. The molecule has 0 unspecified atom stereocenters. The van der Waals surface area contributed by atoms with Crippen LogP contribution in [0, 0.1) is 0 Å². The molecule has 0 aliphatic heterocycles. The summed E-state index contributed by atoms with van der Waals surface area (Å²) in [7, 11) is 0. The number of fused-ring (bicyclic) bond motifs is 4. The monoisotopic (exact) mass is 601 g/mol. The highest BCUT2D eigenvalue weighted by atomic mass is 16.3. The second kappa shape index (κ2) is 11.2. The highest BCUT2D eigenvalue weighted by Gasteiger charge is 2.19. The first-order chi connectivity index (χ1) is 23.3. The van der Waals surface area contributed by atoms with Crippen LogP contribution in [-0.4, -0.2) is 15.0 Å². The summed E-state index contributed by atoms with van der Waals surface area (Å²) >= 11 is 0. The first kappa shape index (κ1) is 27.0. The Bertz CT molecular complexity index is 2500. The van der Waals surface area contributed by atoms with Gasteiger partial charge in [-0.25, -0.2) is 15.0 Å². The molecule has 9 aromatic rings. The van der Waals surface area contributed by atoms with Crippen LogP contribution in [0.15, 0.2) is 168 Å². The van der Waals surface area contributed by atoms with Gasteiger partial charge in [0, 0.05) is 21.9 Å². The van der Waals surface area contributed by atoms with E-state index in [0.717, 1.165) is 66.3 Å². The predicted molar refractivity (Wildman–Crippen MR) is 192 cm³/mol. The van der Waals surface area contributed by atoms with Gasteiger partial charge in [0.15, 0.2) is 17.5 Å². The molecule has 0 N–H and O–H groups in total. The number of rotatable bonds is 5. The Morgan fingerprint density at radius 3 is 1.49 bits per heavy atom. The molecule has 9 rings (SSSR count). The normalized spacial score (nSPS) is 11.4. The van der Waals surface area contributed by atoms with Crippen molar-refractivity contribution >= 4 is 32.7 Å². The van der Waals surface area contributed by atoms with Crippen molar-refractivity contribution in [2.75, 3.05) is 0 Å². The standard InChI is InChI=1S/C43H27N3O/c1-4-13-28(14-5-1)33-23-34(29-15-6-2-7-16-29)25-35(24-33)42-44-41(30-17-8-3-9-18-30)45-43(46-42)37-22-12-21-36-38-26-31-19-10-11-20-32(31)27-39(38)47-40(36)37/h1-27H. The molecule has 2 aromatic heterocycles. The summed E-state index contributed by atoms with van der Waals surface area (Å²) in [5.41, 5.74) is 8.70. The Kier molecular flexibility index (Phi) is 6.43. The lowest BCUT2D eigenvalue weighted by Gasteiger charge is -2.12. The van der Waals surface area contributed by atoms with Crippen LogP contribution < -0.4 is 0 Å². The predicted octanol–water partition coefficient (Wildman–Crippen LogP) is 11.3. The lowest BCUT2D eigenvalue weighted by atomic mass is 9.96. The minimum atomic E-state index is 0.564. The number of benzene rings is 7. The molecule has 0 aliphatic carbocycles. The molecule has 0 aliphatic rings. The molecule has 0 saturated carbocycles. The van der Waals surface area contributed by atoms with Crippen molar-refractivity contribution in [3.8, 4) is 56.4 Å². The van der Waals surface area contributed by atoms with E-state index in [0.29, 0.717) is 17.5 Å². The highest BCUT2D eigenvalue weighted by molar-refractivity contribution is 6.12. The Labute approximate surface area is 271 Å². The van der Waals surface area contributed by atoms with Crippen molar-refractivity contribution in [2.24, 2.45) is 0 Å². The Morgan fingerprint density at radius 1 is 0.340 bits per heavy atom. The van der Waals surface area contributed by atoms with Gasteiger partial charge in [0.05, 0.1) is 5.56 Å². The Hall–Kier alpha value is -6.39. The number of aromatic nitrogens is 3. The topological polar surface area (TPSA) is 51.8 Å². The molecule has 0 radical (unpaired) electrons. The summed E-state index contributed by atoms with van der Waals surface area (Å²) in [6.45, 7) is 0. The Balaban J connectivity index is 1.29. The Morgan fingerprint density at radius 2 is 0.851 bits per heavy atom. The van der Waals surface area contributed by atoms with Crippen molar-refractivity contribution in [1.29, 1.82) is 0 Å². The third-order valence-electron chi connectivity index (χ3n) is 8.68. The van der Waals surface area contributed by atoms with Crippen molar-refractivity contribution in [1.82, 2.24) is 15.0 Å². The summed E-state index contributed by atoms with van der Waals surface area (Å²) in [4.78, 5) is 15.3. The van der Waals surface area contributed by atoms with Gasteiger partial charge in [0.2, 0.25) is 0 Å². The molecule has 0 amide bonds. The molecule has 4 nitrogen and oxygen atoms in total. The van der Waals surface area contributed by atoms with Crippen LogP contribution in [0.1, 0.15) is 0 Å². The van der Waals surface area contributed by atoms with Gasteiger partial charge < -0.3 is 4.42 Å². The molecule has 0 bridgehead atoms. The van der Waals surface area contributed by atoms with Gasteiger partial charge in [0.1, 0.15) is 11.2 Å². The molecule has 220 valence electrons. The van der Waals surface area contributed by atoms with Crippen molar-refractivity contribution in [3.63, 3.8) is 0 Å². The van der Waals surface area contributed by atoms with Crippen LogP contribution in [0.2, 0.25) is 0 Å². The third-order valence-corrected chi connectivity index (χ3v) is 8.68. The largest absolute Gasteiger partial charge is 0.455 e. The van der Waals surface area contributed by atoms with E-state index in [-0.39, 0.29) is 0 Å². The lowest BCUT2D eigenvalue weighted by molar-refractivity contribution is 0.670. The average molecular weight is 602 g/mol. The molecule has 0 atom stereocenters. The number of hydrogen-bond donors (Lipinski definition) is 0. The summed E-state index contributed by atoms with van der Waals surface area (Å²) in [6.07, 6.45) is 0. The fourth-order valence-corrected chi connectivity index (χ4v) is 6.35. The number of furan rings is 1. The van der Waals surface area contributed by atoms with Crippen LogP contribution in [0.3, 0.4) is 0 Å². The van der Waals surface area contributed by atoms with Gasteiger partial charge in [0.25, 0.3) is 0 Å². The maximum absolute atomic E-state index is 6.59. The molecule has 0 spiro atoms. The zero-order valence-electron chi connectivity index (χ0n) is 25.3. The maximum atomic E-state index is 6.59. The van der Waals surface area contributed by atoms with Gasteiger partial charge >= 0.3 is 0 Å². The van der Waals surface area contributed by atoms with E-state index in [1.165, 1.54) is 5.39 Å². The van der Waals surface area contributed by atoms with Crippen molar-refractivity contribution in [2.45, 2.75) is 0 Å². The van der Waals surface area contributed by atoms with Crippen LogP contribution in [0.5, 0.6) is 0 Å². The van der Waals surface area contributed by atoms with Gasteiger partial charge in [-0.2, -0.15) is 0 Å². The first-order valence-electron chi connectivity index (χ1n) is 15.7. The SMILES string of the molecule is c1ccc(-c2cc(-c3ccccc3)cc(-c3nc(-c4ccccc4)nc(-c4cccc5c4oc4cc6ccccc6cc45)n3)c2)cc1. The molecule has 47 heavy (non-hydrogen) atoms. The molecule has 7 aromatic carbocycles. The first-order valence-corrected chi connectivity index (χ1v) is 15.7. The van der Waals surface area contributed by atoms with Gasteiger partial charge in [-0.1, -0.05) is 127 Å². The summed E-state index contributed by atoms with van der Waals surface area (Å²) in [5.74, 6) is 1.77. The molecular weight excluding hydrogens is 574 g/mol. The molecular formula is C43H27N3O.